The summed E-state index contributed by atoms with van der Waals surface area (Å²) < 4.78 is 37.0. The summed E-state index contributed by atoms with van der Waals surface area (Å²) in [5, 5.41) is 13.1. The number of esters is 1. The largest absolute Gasteiger partial charge is 0.459 e. The first-order valence-electron chi connectivity index (χ1n) is 12.5. The second-order valence-corrected chi connectivity index (χ2v) is 11.3. The molecule has 0 spiro atoms. The first-order chi connectivity index (χ1) is 18.3. The molecule has 0 saturated carbocycles. The molecule has 1 saturated heterocycles. The van der Waals surface area contributed by atoms with Crippen LogP contribution >= 0.6 is 7.75 Å². The molecule has 13 nitrogen and oxygen atoms in total. The van der Waals surface area contributed by atoms with Crippen molar-refractivity contribution in [2.45, 2.75) is 71.6 Å². The molecule has 1 aliphatic heterocycles. The lowest BCUT2D eigenvalue weighted by Crippen LogP contribution is -2.39. The fourth-order valence-corrected chi connectivity index (χ4v) is 5.31. The highest BCUT2D eigenvalue weighted by molar-refractivity contribution is 7.52. The molecule has 0 unspecified atom stereocenters. The molecule has 2 aromatic rings. The number of ether oxygens (including phenoxy) is 2. The molecule has 1 aliphatic rings. The van der Waals surface area contributed by atoms with Crippen LogP contribution in [0, 0.1) is 12.8 Å². The van der Waals surface area contributed by atoms with E-state index in [2.05, 4.69) is 10.1 Å². The minimum absolute atomic E-state index is 0.00118. The molecule has 0 radical (unpaired) electrons. The standard InChI is InChI=1S/C25H34N3O10P/c1-14(2)22(30)17(5)36-24(32)16(4)27-39(34,38-18-9-7-6-8-10-18)35-13-20-19(29)11-21(37-20)28-12-15(3)23(31)26-25(28)33/h6-10,12,14,16-17,19-21,29H,11,13H2,1-5H3,(H,27,34)(H,26,31,33)/t16-,17-,19-,20+,21+,39-/m0/s1. The molecule has 0 aliphatic carbocycles. The number of hydrogen-bond donors (Lipinski definition) is 3. The van der Waals surface area contributed by atoms with Crippen LogP contribution in [0.1, 0.15) is 45.9 Å². The van der Waals surface area contributed by atoms with Gasteiger partial charge >= 0.3 is 19.4 Å². The van der Waals surface area contributed by atoms with Crippen LogP contribution in [0.2, 0.25) is 0 Å². The predicted molar refractivity (Wildman–Crippen MR) is 139 cm³/mol. The van der Waals surface area contributed by atoms with Crippen molar-refractivity contribution in [3.8, 4) is 5.75 Å². The fourth-order valence-electron chi connectivity index (χ4n) is 3.81. The molecule has 1 aromatic heterocycles. The van der Waals surface area contributed by atoms with E-state index >= 15 is 0 Å². The van der Waals surface area contributed by atoms with Crippen LogP contribution in [-0.4, -0.2) is 57.4 Å². The number of aryl methyl sites for hydroxylation is 1. The van der Waals surface area contributed by atoms with E-state index in [-0.39, 0.29) is 29.4 Å². The predicted octanol–water partition coefficient (Wildman–Crippen LogP) is 1.83. The maximum atomic E-state index is 13.7. The average Bonchev–Trinajstić information content (AvgIpc) is 3.24. The van der Waals surface area contributed by atoms with Gasteiger partial charge in [0.2, 0.25) is 0 Å². The summed E-state index contributed by atoms with van der Waals surface area (Å²) in [4.78, 5) is 50.8. The third-order valence-electron chi connectivity index (χ3n) is 6.01. The summed E-state index contributed by atoms with van der Waals surface area (Å²) in [6.45, 7) is 7.28. The number of aliphatic hydroxyl groups is 1. The fraction of sp³-hybridized carbons (Fsp3) is 0.520. The third-order valence-corrected chi connectivity index (χ3v) is 7.65. The number of hydrogen-bond acceptors (Lipinski definition) is 10. The molecule has 3 rings (SSSR count). The number of benzene rings is 1. The van der Waals surface area contributed by atoms with Gasteiger partial charge in [-0.3, -0.25) is 28.5 Å². The van der Waals surface area contributed by atoms with Crippen molar-refractivity contribution in [3.63, 3.8) is 0 Å². The number of Topliss-reactive ketones (excluding diaryl/α,β-unsaturated/α-hetero) is 1. The maximum Gasteiger partial charge on any atom is 0.459 e. The van der Waals surface area contributed by atoms with E-state index in [4.69, 9.17) is 18.5 Å². The first-order valence-corrected chi connectivity index (χ1v) is 14.0. The lowest BCUT2D eigenvalue weighted by Gasteiger charge is -2.25. The van der Waals surface area contributed by atoms with E-state index in [9.17, 15) is 28.8 Å². The number of nitrogens with zero attached hydrogens (tertiary/aromatic N) is 1. The number of rotatable bonds is 12. The van der Waals surface area contributed by atoms with Gasteiger partial charge in [0.15, 0.2) is 11.9 Å². The quantitative estimate of drug-likeness (QED) is 0.252. The van der Waals surface area contributed by atoms with Gasteiger partial charge in [-0.05, 0) is 32.9 Å². The Morgan fingerprint density at radius 3 is 2.51 bits per heavy atom. The normalized spacial score (nSPS) is 22.2. The Morgan fingerprint density at radius 1 is 1.21 bits per heavy atom. The van der Waals surface area contributed by atoms with Gasteiger partial charge in [-0.1, -0.05) is 32.0 Å². The van der Waals surface area contributed by atoms with Gasteiger partial charge in [0, 0.05) is 24.1 Å². The summed E-state index contributed by atoms with van der Waals surface area (Å²) in [7, 11) is -4.27. The highest BCUT2D eigenvalue weighted by Crippen LogP contribution is 2.46. The summed E-state index contributed by atoms with van der Waals surface area (Å²) in [5.74, 6) is -1.28. The number of nitrogens with one attached hydrogen (secondary N) is 2. The van der Waals surface area contributed by atoms with Gasteiger partial charge in [-0.25, -0.2) is 9.36 Å². The first kappa shape index (κ1) is 30.5. The molecular formula is C25H34N3O10P. The highest BCUT2D eigenvalue weighted by atomic mass is 31.2. The van der Waals surface area contributed by atoms with Crippen molar-refractivity contribution in [2.24, 2.45) is 5.92 Å². The Morgan fingerprint density at radius 2 is 1.87 bits per heavy atom. The van der Waals surface area contributed by atoms with E-state index in [0.29, 0.717) is 0 Å². The Bertz CT molecular complexity index is 1330. The van der Waals surface area contributed by atoms with E-state index in [0.717, 1.165) is 4.57 Å². The smallest absolute Gasteiger partial charge is 0.453 e. The second-order valence-electron chi connectivity index (χ2n) is 9.60. The molecule has 14 heteroatoms. The van der Waals surface area contributed by atoms with Crippen molar-refractivity contribution in [2.75, 3.05) is 6.61 Å². The Balaban J connectivity index is 1.72. The van der Waals surface area contributed by atoms with Crippen LogP contribution in [0.5, 0.6) is 5.75 Å². The van der Waals surface area contributed by atoms with Crippen molar-refractivity contribution < 1.29 is 37.8 Å². The van der Waals surface area contributed by atoms with Gasteiger partial charge in [0.05, 0.1) is 12.7 Å². The van der Waals surface area contributed by atoms with Gasteiger partial charge in [0.1, 0.15) is 24.1 Å². The number of ketones is 1. The Hall–Kier alpha value is -3.09. The molecule has 214 valence electrons. The van der Waals surface area contributed by atoms with Crippen LogP contribution < -0.4 is 20.9 Å². The molecule has 6 atom stereocenters. The van der Waals surface area contributed by atoms with E-state index < -0.39 is 62.2 Å². The van der Waals surface area contributed by atoms with Gasteiger partial charge in [0.25, 0.3) is 5.56 Å². The minimum Gasteiger partial charge on any atom is -0.453 e. The monoisotopic (exact) mass is 567 g/mol. The number of aliphatic hydroxyl groups excluding tert-OH is 1. The van der Waals surface area contributed by atoms with Crippen molar-refractivity contribution in [1.82, 2.24) is 14.6 Å². The van der Waals surface area contributed by atoms with Crippen molar-refractivity contribution in [1.29, 1.82) is 0 Å². The van der Waals surface area contributed by atoms with Crippen LogP contribution in [0.25, 0.3) is 0 Å². The Kier molecular flexibility index (Phi) is 10.0. The van der Waals surface area contributed by atoms with Crippen LogP contribution in [0.3, 0.4) is 0 Å². The van der Waals surface area contributed by atoms with E-state index in [1.807, 2.05) is 0 Å². The molecule has 2 heterocycles. The third kappa shape index (κ3) is 7.96. The number of aromatic amines is 1. The van der Waals surface area contributed by atoms with Crippen LogP contribution in [0.4, 0.5) is 0 Å². The van der Waals surface area contributed by atoms with Crippen LogP contribution in [0.15, 0.2) is 46.1 Å². The van der Waals surface area contributed by atoms with Gasteiger partial charge in [-0.2, -0.15) is 5.09 Å². The highest BCUT2D eigenvalue weighted by Gasteiger charge is 2.40. The zero-order valence-electron chi connectivity index (χ0n) is 22.4. The molecular weight excluding hydrogens is 533 g/mol. The Labute approximate surface area is 225 Å². The average molecular weight is 568 g/mol. The summed E-state index contributed by atoms with van der Waals surface area (Å²) in [5.41, 5.74) is -0.959. The summed E-state index contributed by atoms with van der Waals surface area (Å²) in [6.07, 6.45) is -2.71. The minimum atomic E-state index is -4.27. The number of para-hydroxylation sites is 1. The summed E-state index contributed by atoms with van der Waals surface area (Å²) in [6, 6.07) is 6.89. The molecule has 39 heavy (non-hydrogen) atoms. The molecule has 1 aromatic carbocycles. The zero-order valence-corrected chi connectivity index (χ0v) is 23.3. The molecule has 0 bridgehead atoms. The number of carbonyl (C=O) groups excluding carboxylic acids is 2. The van der Waals surface area contributed by atoms with E-state index in [1.54, 1.807) is 32.0 Å². The number of H-pyrrole nitrogens is 1. The summed E-state index contributed by atoms with van der Waals surface area (Å²) >= 11 is 0. The molecule has 1 fully saturated rings. The topological polar surface area (TPSA) is 175 Å². The maximum absolute atomic E-state index is 13.7. The lowest BCUT2D eigenvalue weighted by atomic mass is 10.1. The SMILES string of the molecule is Cc1cn([C@H]2C[C@H](O)[C@@H](CO[P@@](=O)(N[C@@H](C)C(=O)O[C@@H](C)C(=O)C(C)C)Oc3ccccc3)O2)c(=O)[nH]c1=O. The van der Waals surface area contributed by atoms with Crippen molar-refractivity contribution in [3.05, 3.63) is 62.9 Å². The van der Waals surface area contributed by atoms with E-state index in [1.165, 1.54) is 39.1 Å². The van der Waals surface area contributed by atoms with Gasteiger partial charge in [-0.15, -0.1) is 0 Å². The molecule has 3 N–H and O–H groups in total. The second kappa shape index (κ2) is 12.8. The lowest BCUT2D eigenvalue weighted by molar-refractivity contribution is -0.156. The zero-order chi connectivity index (χ0) is 28.9. The number of carbonyl (C=O) groups is 2. The van der Waals surface area contributed by atoms with Gasteiger partial charge < -0.3 is 19.1 Å². The molecule has 0 amide bonds. The number of aromatic nitrogens is 2. The van der Waals surface area contributed by atoms with Crippen molar-refractivity contribution >= 4 is 19.5 Å². The van der Waals surface area contributed by atoms with Crippen LogP contribution in [-0.2, 0) is 28.2 Å².